The topological polar surface area (TPSA) is 62.5 Å². The Morgan fingerprint density at radius 2 is 1.94 bits per heavy atom. The highest BCUT2D eigenvalue weighted by Crippen LogP contribution is 2.12. The van der Waals surface area contributed by atoms with E-state index in [0.29, 0.717) is 5.69 Å². The summed E-state index contributed by atoms with van der Waals surface area (Å²) in [4.78, 5) is 18.9. The highest BCUT2D eigenvalue weighted by atomic mass is 16.4. The number of carboxylic acids is 1. The van der Waals surface area contributed by atoms with Crippen molar-refractivity contribution in [3.63, 3.8) is 0 Å². The summed E-state index contributed by atoms with van der Waals surface area (Å²) in [6.07, 6.45) is 3.32. The number of aliphatic imine (C=N–C) groups is 1. The molecule has 1 aromatic carbocycles. The summed E-state index contributed by atoms with van der Waals surface area (Å²) in [5, 5.41) is 8.74. The third kappa shape index (κ3) is 2.98. The van der Waals surface area contributed by atoms with E-state index in [2.05, 4.69) is 9.98 Å². The van der Waals surface area contributed by atoms with Gasteiger partial charge in [0.2, 0.25) is 0 Å². The molecule has 2 aromatic rings. The molecule has 1 aromatic heterocycles. The molecule has 0 saturated heterocycles. The fraction of sp³-hybridized carbons (Fsp3) is 0. The molecule has 4 nitrogen and oxygen atoms in total. The predicted octanol–water partition coefficient (Wildman–Crippen LogP) is 2.53. The van der Waals surface area contributed by atoms with E-state index in [1.165, 1.54) is 12.1 Å². The minimum atomic E-state index is -0.940. The third-order valence-electron chi connectivity index (χ3n) is 2.15. The quantitative estimate of drug-likeness (QED) is 0.818. The van der Waals surface area contributed by atoms with Gasteiger partial charge in [-0.15, -0.1) is 0 Å². The average Bonchev–Trinajstić information content (AvgIpc) is 2.38. The van der Waals surface area contributed by atoms with Gasteiger partial charge in [-0.05, 0) is 36.4 Å². The molecule has 0 radical (unpaired) electrons. The zero-order valence-electron chi connectivity index (χ0n) is 8.95. The van der Waals surface area contributed by atoms with E-state index in [1.807, 2.05) is 18.2 Å². The molecule has 0 spiro atoms. The van der Waals surface area contributed by atoms with Gasteiger partial charge in [-0.1, -0.05) is 6.07 Å². The lowest BCUT2D eigenvalue weighted by Gasteiger charge is -1.95. The molecule has 1 heterocycles. The lowest BCUT2D eigenvalue weighted by Crippen LogP contribution is -1.94. The van der Waals surface area contributed by atoms with Crippen molar-refractivity contribution in [3.8, 4) is 0 Å². The molecule has 1 N–H and O–H groups in total. The van der Waals surface area contributed by atoms with Gasteiger partial charge in [-0.3, -0.25) is 9.98 Å². The van der Waals surface area contributed by atoms with Crippen LogP contribution in [0.25, 0.3) is 0 Å². The lowest BCUT2D eigenvalue weighted by molar-refractivity contribution is 0.0697. The molecule has 0 unspecified atom stereocenters. The number of aromatic carboxylic acids is 1. The van der Waals surface area contributed by atoms with Crippen molar-refractivity contribution in [1.29, 1.82) is 0 Å². The smallest absolute Gasteiger partial charge is 0.335 e. The predicted molar refractivity (Wildman–Crippen MR) is 64.9 cm³/mol. The van der Waals surface area contributed by atoms with Crippen molar-refractivity contribution >= 4 is 17.9 Å². The van der Waals surface area contributed by atoms with Crippen LogP contribution in [0.1, 0.15) is 16.1 Å². The first kappa shape index (κ1) is 11.0. The standard InChI is InChI=1S/C13H10N2O2/c16-13(17)10-4-6-11(7-5-10)15-9-12-3-1-2-8-14-12/h1-9H,(H,16,17)/b15-9+. The molecule has 0 aliphatic heterocycles. The second-order valence-electron chi connectivity index (χ2n) is 3.36. The Kier molecular flexibility index (Phi) is 3.25. The van der Waals surface area contributed by atoms with Crippen molar-refractivity contribution < 1.29 is 9.90 Å². The van der Waals surface area contributed by atoms with Crippen LogP contribution in [0.3, 0.4) is 0 Å². The Morgan fingerprint density at radius 3 is 2.53 bits per heavy atom. The van der Waals surface area contributed by atoms with Gasteiger partial charge in [0, 0.05) is 6.20 Å². The van der Waals surface area contributed by atoms with Crippen LogP contribution in [0, 0.1) is 0 Å². The third-order valence-corrected chi connectivity index (χ3v) is 2.15. The number of carbonyl (C=O) groups is 1. The van der Waals surface area contributed by atoms with Crippen LogP contribution in [0.4, 0.5) is 5.69 Å². The first-order valence-corrected chi connectivity index (χ1v) is 5.04. The van der Waals surface area contributed by atoms with Crippen molar-refractivity contribution in [3.05, 3.63) is 59.9 Å². The molecule has 4 heteroatoms. The van der Waals surface area contributed by atoms with Crippen LogP contribution >= 0.6 is 0 Å². The average molecular weight is 226 g/mol. The van der Waals surface area contributed by atoms with Crippen LogP contribution < -0.4 is 0 Å². The highest BCUT2D eigenvalue weighted by Gasteiger charge is 2.00. The number of pyridine rings is 1. The normalized spacial score (nSPS) is 10.6. The molecule has 2 rings (SSSR count). The molecule has 0 atom stereocenters. The fourth-order valence-corrected chi connectivity index (χ4v) is 1.28. The molecular formula is C13H10N2O2. The molecule has 17 heavy (non-hydrogen) atoms. The van der Waals surface area contributed by atoms with E-state index in [9.17, 15) is 4.79 Å². The highest BCUT2D eigenvalue weighted by molar-refractivity contribution is 5.88. The second kappa shape index (κ2) is 5.03. The van der Waals surface area contributed by atoms with Gasteiger partial charge >= 0.3 is 5.97 Å². The summed E-state index contributed by atoms with van der Waals surface area (Å²) in [5.41, 5.74) is 1.71. The van der Waals surface area contributed by atoms with E-state index in [-0.39, 0.29) is 5.56 Å². The van der Waals surface area contributed by atoms with Crippen LogP contribution in [-0.4, -0.2) is 22.3 Å². The first-order valence-electron chi connectivity index (χ1n) is 5.04. The van der Waals surface area contributed by atoms with E-state index in [1.54, 1.807) is 24.5 Å². The Morgan fingerprint density at radius 1 is 1.18 bits per heavy atom. The molecule has 84 valence electrons. The van der Waals surface area contributed by atoms with Crippen LogP contribution in [0.2, 0.25) is 0 Å². The van der Waals surface area contributed by atoms with Gasteiger partial charge in [0.1, 0.15) is 0 Å². The van der Waals surface area contributed by atoms with Crippen LogP contribution in [0.15, 0.2) is 53.7 Å². The van der Waals surface area contributed by atoms with Crippen molar-refractivity contribution in [2.45, 2.75) is 0 Å². The summed E-state index contributed by atoms with van der Waals surface area (Å²) in [7, 11) is 0. The summed E-state index contributed by atoms with van der Waals surface area (Å²) < 4.78 is 0. The maximum atomic E-state index is 10.6. The molecule has 0 aliphatic carbocycles. The number of rotatable bonds is 3. The number of aromatic nitrogens is 1. The number of hydrogen-bond donors (Lipinski definition) is 1. The maximum absolute atomic E-state index is 10.6. The lowest BCUT2D eigenvalue weighted by atomic mass is 10.2. The largest absolute Gasteiger partial charge is 0.478 e. The zero-order chi connectivity index (χ0) is 12.1. The molecular weight excluding hydrogens is 216 g/mol. The Balaban J connectivity index is 2.14. The SMILES string of the molecule is O=C(O)c1ccc(/N=C/c2ccccn2)cc1. The van der Waals surface area contributed by atoms with E-state index in [4.69, 9.17) is 5.11 Å². The minimum Gasteiger partial charge on any atom is -0.478 e. The molecule has 0 amide bonds. The Labute approximate surface area is 98.3 Å². The number of hydrogen-bond acceptors (Lipinski definition) is 3. The van der Waals surface area contributed by atoms with Gasteiger partial charge in [-0.2, -0.15) is 0 Å². The van der Waals surface area contributed by atoms with E-state index >= 15 is 0 Å². The summed E-state index contributed by atoms with van der Waals surface area (Å²) in [5.74, 6) is -0.940. The van der Waals surface area contributed by atoms with E-state index < -0.39 is 5.97 Å². The fourth-order valence-electron chi connectivity index (χ4n) is 1.28. The van der Waals surface area contributed by atoms with Gasteiger partial charge in [0.25, 0.3) is 0 Å². The maximum Gasteiger partial charge on any atom is 0.335 e. The van der Waals surface area contributed by atoms with Gasteiger partial charge in [0.05, 0.1) is 23.2 Å². The van der Waals surface area contributed by atoms with Gasteiger partial charge in [0.15, 0.2) is 0 Å². The first-order chi connectivity index (χ1) is 8.25. The van der Waals surface area contributed by atoms with Crippen LogP contribution in [-0.2, 0) is 0 Å². The van der Waals surface area contributed by atoms with Crippen molar-refractivity contribution in [1.82, 2.24) is 4.98 Å². The van der Waals surface area contributed by atoms with Crippen LogP contribution in [0.5, 0.6) is 0 Å². The summed E-state index contributed by atoms with van der Waals surface area (Å²) in [6, 6.07) is 11.9. The summed E-state index contributed by atoms with van der Waals surface area (Å²) in [6.45, 7) is 0. The zero-order valence-corrected chi connectivity index (χ0v) is 8.95. The number of benzene rings is 1. The Bertz CT molecular complexity index is 533. The van der Waals surface area contributed by atoms with Crippen molar-refractivity contribution in [2.75, 3.05) is 0 Å². The van der Waals surface area contributed by atoms with Gasteiger partial charge in [-0.25, -0.2) is 4.79 Å². The summed E-state index contributed by atoms with van der Waals surface area (Å²) >= 11 is 0. The monoisotopic (exact) mass is 226 g/mol. The number of nitrogens with zero attached hydrogens (tertiary/aromatic N) is 2. The van der Waals surface area contributed by atoms with Crippen molar-refractivity contribution in [2.24, 2.45) is 4.99 Å². The second-order valence-corrected chi connectivity index (χ2v) is 3.36. The Hall–Kier alpha value is -2.49. The van der Waals surface area contributed by atoms with Gasteiger partial charge < -0.3 is 5.11 Å². The molecule has 0 saturated carbocycles. The number of carboxylic acid groups (broad SMARTS) is 1. The van der Waals surface area contributed by atoms with E-state index in [0.717, 1.165) is 5.69 Å². The molecule has 0 fully saturated rings. The minimum absolute atomic E-state index is 0.252. The molecule has 0 bridgehead atoms. The molecule has 0 aliphatic rings.